The highest BCUT2D eigenvalue weighted by Gasteiger charge is 2.20. The fourth-order valence-electron chi connectivity index (χ4n) is 1.77. The molecule has 2 atom stereocenters. The first kappa shape index (κ1) is 17.3. The van der Waals surface area contributed by atoms with Crippen molar-refractivity contribution in [3.8, 4) is 0 Å². The van der Waals surface area contributed by atoms with Crippen LogP contribution in [0.3, 0.4) is 0 Å². The van der Waals surface area contributed by atoms with E-state index in [1.807, 2.05) is 0 Å². The summed E-state index contributed by atoms with van der Waals surface area (Å²) in [6, 6.07) is 0. The third kappa shape index (κ3) is 8.92. The van der Waals surface area contributed by atoms with Gasteiger partial charge in [-0.1, -0.05) is 33.6 Å². The van der Waals surface area contributed by atoms with Crippen molar-refractivity contribution in [1.29, 1.82) is 0 Å². The van der Waals surface area contributed by atoms with Gasteiger partial charge in [0.05, 0.1) is 6.61 Å². The maximum atomic E-state index is 9.36. The average molecular weight is 261 g/mol. The van der Waals surface area contributed by atoms with Crippen molar-refractivity contribution in [3.63, 3.8) is 0 Å². The molecule has 17 heavy (non-hydrogen) atoms. The number of aliphatic hydroxyl groups is 1. The number of hydrogen-bond donors (Lipinski definition) is 2. The first-order valence-electron chi connectivity index (χ1n) is 7.01. The van der Waals surface area contributed by atoms with E-state index in [9.17, 15) is 5.11 Å². The SMILES string of the molecule is CCNC(C)(CO)CCCCSCC(C)CC. The van der Waals surface area contributed by atoms with Crippen molar-refractivity contribution < 1.29 is 5.11 Å². The summed E-state index contributed by atoms with van der Waals surface area (Å²) in [5.41, 5.74) is -0.0733. The molecule has 0 fully saturated rings. The van der Waals surface area contributed by atoms with Gasteiger partial charge >= 0.3 is 0 Å². The zero-order chi connectivity index (χ0) is 13.1. The minimum absolute atomic E-state index is 0.0733. The van der Waals surface area contributed by atoms with E-state index in [1.54, 1.807) is 0 Å². The molecular weight excluding hydrogens is 230 g/mol. The number of aliphatic hydroxyl groups excluding tert-OH is 1. The smallest absolute Gasteiger partial charge is 0.0610 e. The van der Waals surface area contributed by atoms with Crippen LogP contribution in [0.25, 0.3) is 0 Å². The summed E-state index contributed by atoms with van der Waals surface area (Å²) in [6.45, 7) is 9.95. The molecule has 0 heterocycles. The zero-order valence-corrected chi connectivity index (χ0v) is 12.9. The molecule has 0 aliphatic rings. The van der Waals surface area contributed by atoms with Crippen LogP contribution in [0.15, 0.2) is 0 Å². The number of nitrogens with one attached hydrogen (secondary N) is 1. The molecule has 2 N–H and O–H groups in total. The Morgan fingerprint density at radius 1 is 1.29 bits per heavy atom. The van der Waals surface area contributed by atoms with Crippen LogP contribution in [-0.4, -0.2) is 35.3 Å². The molecule has 0 aliphatic heterocycles. The first-order valence-corrected chi connectivity index (χ1v) is 8.17. The Hall–Kier alpha value is 0.270. The van der Waals surface area contributed by atoms with E-state index in [0.717, 1.165) is 18.9 Å². The number of unbranched alkanes of at least 4 members (excludes halogenated alkanes) is 1. The van der Waals surface area contributed by atoms with Crippen molar-refractivity contribution in [2.24, 2.45) is 5.92 Å². The molecule has 0 spiro atoms. The largest absolute Gasteiger partial charge is 0.394 e. The van der Waals surface area contributed by atoms with Gasteiger partial charge in [-0.05, 0) is 43.7 Å². The highest BCUT2D eigenvalue weighted by molar-refractivity contribution is 7.99. The molecule has 2 unspecified atom stereocenters. The molecule has 0 saturated carbocycles. The number of rotatable bonds is 11. The Morgan fingerprint density at radius 2 is 2.00 bits per heavy atom. The minimum Gasteiger partial charge on any atom is -0.394 e. The van der Waals surface area contributed by atoms with E-state index in [4.69, 9.17) is 0 Å². The molecule has 0 aromatic heterocycles. The minimum atomic E-state index is -0.0733. The van der Waals surface area contributed by atoms with Crippen LogP contribution in [-0.2, 0) is 0 Å². The molecule has 0 aromatic carbocycles. The highest BCUT2D eigenvalue weighted by Crippen LogP contribution is 2.17. The van der Waals surface area contributed by atoms with E-state index in [-0.39, 0.29) is 12.1 Å². The van der Waals surface area contributed by atoms with Gasteiger partial charge in [0.2, 0.25) is 0 Å². The van der Waals surface area contributed by atoms with Gasteiger partial charge in [0.15, 0.2) is 0 Å². The van der Waals surface area contributed by atoms with Crippen LogP contribution in [0.4, 0.5) is 0 Å². The average Bonchev–Trinajstić information content (AvgIpc) is 2.33. The first-order chi connectivity index (χ1) is 8.08. The fraction of sp³-hybridized carbons (Fsp3) is 1.00. The Bertz CT molecular complexity index is 178. The van der Waals surface area contributed by atoms with E-state index in [1.165, 1.54) is 30.8 Å². The molecule has 3 heteroatoms. The summed E-state index contributed by atoms with van der Waals surface area (Å²) >= 11 is 2.07. The lowest BCUT2D eigenvalue weighted by Gasteiger charge is -2.28. The summed E-state index contributed by atoms with van der Waals surface area (Å²) < 4.78 is 0. The predicted octanol–water partition coefficient (Wildman–Crippen LogP) is 3.30. The van der Waals surface area contributed by atoms with E-state index < -0.39 is 0 Å². The van der Waals surface area contributed by atoms with Crippen molar-refractivity contribution in [2.75, 3.05) is 24.7 Å². The van der Waals surface area contributed by atoms with Crippen molar-refractivity contribution in [3.05, 3.63) is 0 Å². The Labute approximate surface area is 112 Å². The van der Waals surface area contributed by atoms with Gasteiger partial charge in [-0.2, -0.15) is 11.8 Å². The molecule has 2 nitrogen and oxygen atoms in total. The van der Waals surface area contributed by atoms with Gasteiger partial charge in [0.1, 0.15) is 0 Å². The topological polar surface area (TPSA) is 32.3 Å². The Morgan fingerprint density at radius 3 is 2.53 bits per heavy atom. The lowest BCUT2D eigenvalue weighted by Crippen LogP contribution is -2.45. The van der Waals surface area contributed by atoms with Crippen LogP contribution in [0.2, 0.25) is 0 Å². The van der Waals surface area contributed by atoms with Crippen LogP contribution in [0.5, 0.6) is 0 Å². The molecule has 0 rings (SSSR count). The molecule has 0 aliphatic carbocycles. The second kappa shape index (κ2) is 10.2. The van der Waals surface area contributed by atoms with Crippen molar-refractivity contribution in [2.45, 2.75) is 58.9 Å². The summed E-state index contributed by atoms with van der Waals surface area (Å²) in [6.07, 6.45) is 4.83. The molecule has 104 valence electrons. The standard InChI is InChI=1S/C14H31NOS/c1-5-13(3)11-17-10-8-7-9-14(4,12-16)15-6-2/h13,15-16H,5-12H2,1-4H3. The second-order valence-corrected chi connectivity index (χ2v) is 6.44. The summed E-state index contributed by atoms with van der Waals surface area (Å²) in [4.78, 5) is 0. The monoisotopic (exact) mass is 261 g/mol. The summed E-state index contributed by atoms with van der Waals surface area (Å²) in [5, 5.41) is 12.7. The third-order valence-electron chi connectivity index (χ3n) is 3.32. The van der Waals surface area contributed by atoms with Gasteiger partial charge in [-0.25, -0.2) is 0 Å². The Balaban J connectivity index is 3.49. The number of likely N-dealkylation sites (N-methyl/N-ethyl adjacent to an activating group) is 1. The van der Waals surface area contributed by atoms with Crippen LogP contribution >= 0.6 is 11.8 Å². The van der Waals surface area contributed by atoms with Gasteiger partial charge < -0.3 is 10.4 Å². The van der Waals surface area contributed by atoms with Crippen LogP contribution in [0, 0.1) is 5.92 Å². The molecular formula is C14H31NOS. The Kier molecular flexibility index (Phi) is 10.4. The van der Waals surface area contributed by atoms with Crippen LogP contribution in [0.1, 0.15) is 53.4 Å². The lowest BCUT2D eigenvalue weighted by atomic mass is 9.96. The second-order valence-electron chi connectivity index (χ2n) is 5.29. The van der Waals surface area contributed by atoms with Gasteiger partial charge in [-0.3, -0.25) is 0 Å². The lowest BCUT2D eigenvalue weighted by molar-refractivity contribution is 0.165. The van der Waals surface area contributed by atoms with Gasteiger partial charge in [-0.15, -0.1) is 0 Å². The van der Waals surface area contributed by atoms with Crippen LogP contribution < -0.4 is 5.32 Å². The highest BCUT2D eigenvalue weighted by atomic mass is 32.2. The summed E-state index contributed by atoms with van der Waals surface area (Å²) in [7, 11) is 0. The molecule has 0 bridgehead atoms. The van der Waals surface area contributed by atoms with E-state index in [2.05, 4.69) is 44.8 Å². The van der Waals surface area contributed by atoms with Crippen molar-refractivity contribution >= 4 is 11.8 Å². The normalized spacial score (nSPS) is 16.8. The third-order valence-corrected chi connectivity index (χ3v) is 4.70. The number of hydrogen-bond acceptors (Lipinski definition) is 3. The predicted molar refractivity (Wildman–Crippen MR) is 79.8 cm³/mol. The maximum absolute atomic E-state index is 9.36. The zero-order valence-electron chi connectivity index (χ0n) is 12.1. The molecule has 0 aromatic rings. The fourth-order valence-corrected chi connectivity index (χ4v) is 2.98. The van der Waals surface area contributed by atoms with E-state index >= 15 is 0 Å². The van der Waals surface area contributed by atoms with E-state index in [0.29, 0.717) is 0 Å². The quantitative estimate of drug-likeness (QED) is 0.560. The molecule has 0 amide bonds. The summed E-state index contributed by atoms with van der Waals surface area (Å²) in [5.74, 6) is 3.41. The van der Waals surface area contributed by atoms with Gasteiger partial charge in [0.25, 0.3) is 0 Å². The van der Waals surface area contributed by atoms with Crippen molar-refractivity contribution in [1.82, 2.24) is 5.32 Å². The molecule has 0 saturated heterocycles. The number of thioether (sulfide) groups is 1. The van der Waals surface area contributed by atoms with Gasteiger partial charge in [0, 0.05) is 5.54 Å². The molecule has 0 radical (unpaired) electrons. The maximum Gasteiger partial charge on any atom is 0.0610 e.